The predicted molar refractivity (Wildman–Crippen MR) is 71.8 cm³/mol. The van der Waals surface area contributed by atoms with Crippen molar-refractivity contribution >= 4 is 0 Å². The molecule has 0 aromatic heterocycles. The number of nitrogens with one attached hydrogen (secondary N) is 1. The first-order chi connectivity index (χ1) is 7.61. The molecule has 1 N–H and O–H groups in total. The van der Waals surface area contributed by atoms with Gasteiger partial charge in [0.2, 0.25) is 0 Å². The van der Waals surface area contributed by atoms with Gasteiger partial charge in [-0.05, 0) is 46.2 Å². The van der Waals surface area contributed by atoms with E-state index >= 15 is 0 Å². The first-order valence-electron chi connectivity index (χ1n) is 5.99. The number of benzene rings is 1. The number of aryl methyl sites for hydroxylation is 2. The average Bonchev–Trinajstić information content (AvgIpc) is 2.26. The van der Waals surface area contributed by atoms with E-state index in [1.807, 2.05) is 7.05 Å². The Morgan fingerprint density at radius 3 is 2.38 bits per heavy atom. The zero-order valence-corrected chi connectivity index (χ0v) is 10.9. The molecule has 1 atom stereocenters. The highest BCUT2D eigenvalue weighted by Gasteiger charge is 2.02. The summed E-state index contributed by atoms with van der Waals surface area (Å²) in [5.74, 6) is 0. The molecule has 1 aromatic carbocycles. The Hall–Kier alpha value is -1.08. The lowest BCUT2D eigenvalue weighted by Gasteiger charge is -2.12. The Bertz CT molecular complexity index is 331. The fourth-order valence-corrected chi connectivity index (χ4v) is 1.79. The average molecular weight is 217 g/mol. The van der Waals surface area contributed by atoms with Crippen LogP contribution in [0.4, 0.5) is 0 Å². The zero-order chi connectivity index (χ0) is 12.0. The van der Waals surface area contributed by atoms with E-state index in [-0.39, 0.29) is 0 Å². The third kappa shape index (κ3) is 4.63. The molecule has 16 heavy (non-hydrogen) atoms. The second kappa shape index (κ2) is 6.49. The van der Waals surface area contributed by atoms with Gasteiger partial charge in [-0.2, -0.15) is 0 Å². The highest BCUT2D eigenvalue weighted by molar-refractivity contribution is 5.21. The molecular formula is C15H23N. The lowest BCUT2D eigenvalue weighted by atomic mass is 10.0. The third-order valence-electron chi connectivity index (χ3n) is 2.77. The van der Waals surface area contributed by atoms with Gasteiger partial charge >= 0.3 is 0 Å². The Morgan fingerprint density at radius 2 is 1.88 bits per heavy atom. The molecule has 0 aliphatic heterocycles. The second-order valence-corrected chi connectivity index (χ2v) is 4.66. The largest absolute Gasteiger partial charge is 0.314 e. The van der Waals surface area contributed by atoms with Crippen LogP contribution in [0.5, 0.6) is 0 Å². The van der Waals surface area contributed by atoms with E-state index in [0.29, 0.717) is 6.04 Å². The van der Waals surface area contributed by atoms with Crippen molar-refractivity contribution in [3.05, 3.63) is 47.0 Å². The molecule has 0 aliphatic rings. The van der Waals surface area contributed by atoms with Crippen LogP contribution in [-0.4, -0.2) is 13.1 Å². The minimum absolute atomic E-state index is 0.492. The number of hydrogen-bond donors (Lipinski definition) is 1. The number of rotatable bonds is 5. The van der Waals surface area contributed by atoms with Gasteiger partial charge < -0.3 is 5.32 Å². The van der Waals surface area contributed by atoms with E-state index in [1.165, 1.54) is 16.7 Å². The number of hydrogen-bond acceptors (Lipinski definition) is 1. The molecule has 1 nitrogen and oxygen atoms in total. The van der Waals surface area contributed by atoms with E-state index < -0.39 is 0 Å². The van der Waals surface area contributed by atoms with Crippen LogP contribution in [0.15, 0.2) is 35.9 Å². The monoisotopic (exact) mass is 217 g/mol. The van der Waals surface area contributed by atoms with Crippen LogP contribution in [0, 0.1) is 6.92 Å². The van der Waals surface area contributed by atoms with Gasteiger partial charge in [-0.3, -0.25) is 0 Å². The molecule has 0 radical (unpaired) electrons. The maximum absolute atomic E-state index is 3.34. The summed E-state index contributed by atoms with van der Waals surface area (Å²) in [5, 5.41) is 3.34. The van der Waals surface area contributed by atoms with Crippen LogP contribution >= 0.6 is 0 Å². The van der Waals surface area contributed by atoms with E-state index in [1.54, 1.807) is 0 Å². The normalized spacial score (nSPS) is 12.2. The van der Waals surface area contributed by atoms with Crippen molar-refractivity contribution in [2.24, 2.45) is 0 Å². The molecule has 1 unspecified atom stereocenters. The van der Waals surface area contributed by atoms with Crippen LogP contribution in [0.3, 0.4) is 0 Å². The molecular weight excluding hydrogens is 194 g/mol. The summed E-state index contributed by atoms with van der Waals surface area (Å²) >= 11 is 0. The molecule has 0 saturated carbocycles. The van der Waals surface area contributed by atoms with Crippen LogP contribution < -0.4 is 5.32 Å². The molecule has 0 aliphatic carbocycles. The van der Waals surface area contributed by atoms with E-state index in [0.717, 1.165) is 12.8 Å². The predicted octanol–water partition coefficient (Wildman–Crippen LogP) is 3.48. The highest BCUT2D eigenvalue weighted by Crippen LogP contribution is 2.08. The minimum Gasteiger partial charge on any atom is -0.314 e. The third-order valence-corrected chi connectivity index (χ3v) is 2.77. The summed E-state index contributed by atoms with van der Waals surface area (Å²) in [7, 11) is 2.03. The van der Waals surface area contributed by atoms with Gasteiger partial charge in [0.25, 0.3) is 0 Å². The molecule has 0 bridgehead atoms. The fraction of sp³-hybridized carbons (Fsp3) is 0.467. The molecule has 1 aromatic rings. The molecule has 0 fully saturated rings. The van der Waals surface area contributed by atoms with Crippen LogP contribution in [-0.2, 0) is 6.42 Å². The minimum atomic E-state index is 0.492. The van der Waals surface area contributed by atoms with Gasteiger partial charge in [-0.1, -0.05) is 41.5 Å². The zero-order valence-electron chi connectivity index (χ0n) is 10.9. The van der Waals surface area contributed by atoms with Crippen molar-refractivity contribution in [2.75, 3.05) is 7.05 Å². The van der Waals surface area contributed by atoms with Gasteiger partial charge in [-0.25, -0.2) is 0 Å². The Balaban J connectivity index is 2.49. The molecule has 1 rings (SSSR count). The van der Waals surface area contributed by atoms with Crippen LogP contribution in [0.25, 0.3) is 0 Å². The first kappa shape index (κ1) is 13.0. The summed E-state index contributed by atoms with van der Waals surface area (Å²) < 4.78 is 0. The molecule has 88 valence electrons. The van der Waals surface area contributed by atoms with Gasteiger partial charge in [-0.15, -0.1) is 0 Å². The van der Waals surface area contributed by atoms with E-state index in [9.17, 15) is 0 Å². The van der Waals surface area contributed by atoms with E-state index in [2.05, 4.69) is 56.4 Å². The topological polar surface area (TPSA) is 12.0 Å². The Kier molecular flexibility index (Phi) is 5.27. The number of likely N-dealkylation sites (N-methyl/N-ethyl adjacent to an activating group) is 1. The van der Waals surface area contributed by atoms with Crippen LogP contribution in [0.1, 0.15) is 31.4 Å². The first-order valence-corrected chi connectivity index (χ1v) is 5.99. The van der Waals surface area contributed by atoms with Gasteiger partial charge in [0.05, 0.1) is 0 Å². The van der Waals surface area contributed by atoms with Gasteiger partial charge in [0, 0.05) is 6.04 Å². The number of allylic oxidation sites excluding steroid dienone is 1. The summed E-state index contributed by atoms with van der Waals surface area (Å²) in [4.78, 5) is 0. The molecule has 0 saturated heterocycles. The molecule has 0 heterocycles. The SMILES string of the molecule is CNC(C=C(C)C)CCc1ccc(C)cc1. The summed E-state index contributed by atoms with van der Waals surface area (Å²) in [6.45, 7) is 6.43. The quantitative estimate of drug-likeness (QED) is 0.745. The second-order valence-electron chi connectivity index (χ2n) is 4.66. The smallest absolute Gasteiger partial charge is 0.0252 e. The molecule has 0 spiro atoms. The summed E-state index contributed by atoms with van der Waals surface area (Å²) in [6.07, 6.45) is 4.59. The lowest BCUT2D eigenvalue weighted by molar-refractivity contribution is 0.611. The van der Waals surface area contributed by atoms with Crippen molar-refractivity contribution < 1.29 is 0 Å². The molecule has 1 heteroatoms. The van der Waals surface area contributed by atoms with E-state index in [4.69, 9.17) is 0 Å². The lowest BCUT2D eigenvalue weighted by Crippen LogP contribution is -2.23. The Labute approximate surface area is 99.6 Å². The Morgan fingerprint density at radius 1 is 1.25 bits per heavy atom. The standard InChI is InChI=1S/C15H23N/c1-12(2)11-15(16-4)10-9-14-7-5-13(3)6-8-14/h5-8,11,15-16H,9-10H2,1-4H3. The van der Waals surface area contributed by atoms with Gasteiger partial charge in [0.15, 0.2) is 0 Å². The van der Waals surface area contributed by atoms with Crippen molar-refractivity contribution in [3.8, 4) is 0 Å². The molecule has 0 amide bonds. The van der Waals surface area contributed by atoms with Crippen molar-refractivity contribution in [3.63, 3.8) is 0 Å². The highest BCUT2D eigenvalue weighted by atomic mass is 14.9. The fourth-order valence-electron chi connectivity index (χ4n) is 1.79. The maximum atomic E-state index is 3.34. The summed E-state index contributed by atoms with van der Waals surface area (Å²) in [6, 6.07) is 9.32. The van der Waals surface area contributed by atoms with Crippen molar-refractivity contribution in [1.82, 2.24) is 5.32 Å². The van der Waals surface area contributed by atoms with Crippen molar-refractivity contribution in [2.45, 2.75) is 39.7 Å². The maximum Gasteiger partial charge on any atom is 0.0252 e. The van der Waals surface area contributed by atoms with Gasteiger partial charge in [0.1, 0.15) is 0 Å². The van der Waals surface area contributed by atoms with Crippen molar-refractivity contribution in [1.29, 1.82) is 0 Å². The van der Waals surface area contributed by atoms with Crippen LogP contribution in [0.2, 0.25) is 0 Å². The summed E-state index contributed by atoms with van der Waals surface area (Å²) in [5.41, 5.74) is 4.13.